The number of hydrogen-bond acceptors (Lipinski definition) is 18. The van der Waals surface area contributed by atoms with Crippen LogP contribution in [-0.2, 0) is 33.5 Å². The number of amides is 4. The van der Waals surface area contributed by atoms with E-state index in [1.54, 1.807) is 32.9 Å². The van der Waals surface area contributed by atoms with Crippen molar-refractivity contribution in [3.05, 3.63) is 48.5 Å². The number of ether oxygens (including phenoxy) is 1. The van der Waals surface area contributed by atoms with Crippen LogP contribution < -0.4 is 20.9 Å². The summed E-state index contributed by atoms with van der Waals surface area (Å²) in [5.41, 5.74) is 5.56. The van der Waals surface area contributed by atoms with Crippen LogP contribution in [0.1, 0.15) is 135 Å². The number of nitrogens with one attached hydrogen (secondary N) is 1. The van der Waals surface area contributed by atoms with Crippen molar-refractivity contribution in [3.63, 3.8) is 0 Å². The number of cyclic esters (lactones) is 2. The van der Waals surface area contributed by atoms with Crippen molar-refractivity contribution in [2.45, 2.75) is 135 Å². The predicted octanol–water partition coefficient (Wildman–Crippen LogP) is 9.25. The van der Waals surface area contributed by atoms with Crippen LogP contribution in [0.25, 0.3) is 20.2 Å². The largest absolute Gasteiger partial charge is 0.396 e. The van der Waals surface area contributed by atoms with Crippen molar-refractivity contribution in [1.82, 2.24) is 28.8 Å². The third-order valence-electron chi connectivity index (χ3n) is 25.8. The Labute approximate surface area is 557 Å². The number of carbonyl (C=O) groups is 6. The number of nitrogens with zero attached hydrogens (tertiary/aromatic N) is 7. The zero-order valence-corrected chi connectivity index (χ0v) is 56.2. The molecule has 5 N–H and O–H groups in total. The van der Waals surface area contributed by atoms with Gasteiger partial charge >= 0.3 is 11.9 Å². The van der Waals surface area contributed by atoms with Crippen LogP contribution in [0.3, 0.4) is 0 Å². The zero-order valence-electron chi connectivity index (χ0n) is 54.5. The molecule has 2 aromatic carbocycles. The smallest absolute Gasteiger partial charge is 0.317 e. The molecule has 4 amide bonds. The molecule has 6 bridgehead atoms. The molecule has 5 aliphatic heterocycles. The molecule has 93 heavy (non-hydrogen) atoms. The molecule has 7 heterocycles. The summed E-state index contributed by atoms with van der Waals surface area (Å²) >= 11 is 3.19. The minimum absolute atomic E-state index is 0.00687. The average molecular weight is 1310 g/mol. The molecule has 9 aliphatic carbocycles. The van der Waals surface area contributed by atoms with Gasteiger partial charge in [-0.1, -0.05) is 62.8 Å². The van der Waals surface area contributed by atoms with Crippen molar-refractivity contribution in [3.8, 4) is 0 Å². The number of hydrogen-bond donors (Lipinski definition) is 4. The number of carbonyl (C=O) groups excluding carboxylic acids is 6. The van der Waals surface area contributed by atoms with Crippen LogP contribution in [0.2, 0.25) is 0 Å². The first-order chi connectivity index (χ1) is 45.5. The molecule has 20 heteroatoms. The molecule has 18 atom stereocenters. The van der Waals surface area contributed by atoms with E-state index in [1.807, 2.05) is 0 Å². The van der Waals surface area contributed by atoms with E-state index >= 15 is 0 Å². The quantitative estimate of drug-likeness (QED) is 0.0623. The van der Waals surface area contributed by atoms with Gasteiger partial charge in [0.15, 0.2) is 0 Å². The summed E-state index contributed by atoms with van der Waals surface area (Å²) in [6.45, 7) is 12.0. The maximum absolute atomic E-state index is 13.3. The lowest BCUT2D eigenvalue weighted by atomic mass is 9.78. The highest BCUT2D eigenvalue weighted by atomic mass is 32.1. The predicted molar refractivity (Wildman–Crippen MR) is 361 cm³/mol. The molecule has 14 aliphatic rings. The summed E-state index contributed by atoms with van der Waals surface area (Å²) in [4.78, 5) is 85.1. The van der Waals surface area contributed by atoms with E-state index in [9.17, 15) is 33.9 Å². The Bertz CT molecular complexity index is 3220. The van der Waals surface area contributed by atoms with Crippen LogP contribution in [0.5, 0.6) is 0 Å². The Morgan fingerprint density at radius 3 is 1.20 bits per heavy atom. The van der Waals surface area contributed by atoms with Crippen LogP contribution in [0.4, 0.5) is 11.6 Å². The van der Waals surface area contributed by atoms with Crippen LogP contribution in [-0.4, -0.2) is 161 Å². The van der Waals surface area contributed by atoms with E-state index in [0.717, 1.165) is 161 Å². The SMILES string of the molecule is NC[C@@H]1CCCC[C@H]1CO.O=C1OC(=O)[C@H]2[C@@H]3CC[C@@H](C3)[C@@H]12.O=C1[C@@H]2[C@H]3CC[C@H](C3)[C@@H]2C(=O)N1CC1CCCC[C@H]1CO.O=C1[C@@H]2[C@H]3CC[C@H](C3)[C@@H]2C(=O)N1C[C@@H]1CCCC[C@H]1CN1CCN(c2nsc3ccccc23)CC1.c1ccc2c(N3CCNCC3)nsc2c1. The highest BCUT2D eigenvalue weighted by molar-refractivity contribution is 7.14. The van der Waals surface area contributed by atoms with Gasteiger partial charge in [-0.3, -0.25) is 43.5 Å². The lowest BCUT2D eigenvalue weighted by molar-refractivity contribution is -0.155. The Balaban J connectivity index is 0.000000110. The van der Waals surface area contributed by atoms with Gasteiger partial charge < -0.3 is 35.8 Å². The maximum atomic E-state index is 13.3. The van der Waals surface area contributed by atoms with Gasteiger partial charge in [-0.05, 0) is 221 Å². The minimum atomic E-state index is -0.253. The lowest BCUT2D eigenvalue weighted by Gasteiger charge is -2.40. The fourth-order valence-corrected chi connectivity index (χ4v) is 22.5. The van der Waals surface area contributed by atoms with Crippen molar-refractivity contribution < 1.29 is 43.7 Å². The molecule has 4 aromatic rings. The fourth-order valence-electron chi connectivity index (χ4n) is 20.9. The van der Waals surface area contributed by atoms with Gasteiger partial charge in [-0.25, -0.2) is 0 Å². The van der Waals surface area contributed by atoms with E-state index < -0.39 is 0 Å². The highest BCUT2D eigenvalue weighted by Gasteiger charge is 2.63. The third kappa shape index (κ3) is 13.1. The first-order valence-electron chi connectivity index (χ1n) is 36.5. The number of fused-ring (bicyclic) bond motifs is 17. The second-order valence-corrected chi connectivity index (χ2v) is 32.1. The number of anilines is 2. The summed E-state index contributed by atoms with van der Waals surface area (Å²) in [5.74, 6) is 7.91. The van der Waals surface area contributed by atoms with Gasteiger partial charge in [0.2, 0.25) is 23.6 Å². The standard InChI is InChI=1S/C28H36N4O2S.C17H25NO3.C11H13N3S.C9H10O3.C8H17NO/c33-27-24-18-9-10-19(15-18)25(24)28(34)32(27)17-21-6-2-1-5-20(21)16-30-11-13-31(14-12-30)26-22-7-3-4-8-23(22)35-29-26;19-9-13-4-2-1-3-12(13)8-18-16(20)14-10-5-6-11(7-10)15(14)17(18)21;1-2-4-10-9(3-1)11(13-15-10)14-7-5-12-6-8-14;10-8-6-4-1-2-5(3-4)7(6)9(11)12-8;9-5-7-3-1-2-4-8(7)6-10/h3-4,7-8,18-21,24-25H,1-2,5-6,9-17H2;10-15,19H,1-9H2;1-4,12H,5-8H2;4-7H,1-3H2;7-8,10H,1-6,9H2/t18-,19+,20-,21-,24+,25-;10-,11+,12?,13-,14+,15-;;4-,5+,6+,7-;7-,8-/m00..0/s1. The van der Waals surface area contributed by atoms with Crippen LogP contribution in [0, 0.1) is 107 Å². The maximum Gasteiger partial charge on any atom is 0.317 e. The van der Waals surface area contributed by atoms with Crippen molar-refractivity contribution in [2.24, 2.45) is 112 Å². The number of rotatable bonds is 11. The van der Waals surface area contributed by atoms with Crippen molar-refractivity contribution in [2.75, 3.05) is 102 Å². The molecule has 5 saturated heterocycles. The van der Waals surface area contributed by atoms with Gasteiger partial charge in [-0.2, -0.15) is 8.75 Å². The zero-order chi connectivity index (χ0) is 63.9. The summed E-state index contributed by atoms with van der Waals surface area (Å²) < 4.78 is 16.5. The highest BCUT2D eigenvalue weighted by Crippen LogP contribution is 2.58. The van der Waals surface area contributed by atoms with E-state index in [2.05, 4.69) is 77.7 Å². The van der Waals surface area contributed by atoms with E-state index in [4.69, 9.17) is 15.2 Å². The van der Waals surface area contributed by atoms with Crippen LogP contribution in [0.15, 0.2) is 48.5 Å². The second-order valence-electron chi connectivity index (χ2n) is 30.5. The Kier molecular flexibility index (Phi) is 20.4. The second kappa shape index (κ2) is 29.0. The molecule has 0 spiro atoms. The lowest BCUT2D eigenvalue weighted by Crippen LogP contribution is -2.49. The number of aliphatic hydroxyl groups is 2. The molecule has 504 valence electrons. The van der Waals surface area contributed by atoms with E-state index in [1.165, 1.54) is 71.5 Å². The molecule has 9 saturated carbocycles. The van der Waals surface area contributed by atoms with Crippen molar-refractivity contribution >= 4 is 90.4 Å². The molecule has 0 radical (unpaired) electrons. The summed E-state index contributed by atoms with van der Waals surface area (Å²) in [6.07, 6.45) is 24.4. The third-order valence-corrected chi connectivity index (χ3v) is 27.4. The summed E-state index contributed by atoms with van der Waals surface area (Å²) in [6, 6.07) is 17.0. The van der Waals surface area contributed by atoms with Gasteiger partial charge in [0, 0.05) is 96.0 Å². The summed E-state index contributed by atoms with van der Waals surface area (Å²) in [5, 5.41) is 24.4. The Hall–Kier alpha value is -4.96. The average Bonchev–Trinajstić information content (AvgIpc) is 1.59. The molecular formula is C73H101N9O9S2. The Morgan fingerprint density at radius 1 is 0.441 bits per heavy atom. The van der Waals surface area contributed by atoms with Gasteiger partial charge in [-0.15, -0.1) is 0 Å². The molecule has 2 aromatic heterocycles. The fraction of sp³-hybridized carbons (Fsp3) is 0.726. The molecular weight excluding hydrogens is 1210 g/mol. The van der Waals surface area contributed by atoms with E-state index in [-0.39, 0.29) is 83.6 Å². The number of aromatic nitrogens is 2. The molecule has 18 rings (SSSR count). The van der Waals surface area contributed by atoms with Crippen molar-refractivity contribution in [1.29, 1.82) is 0 Å². The topological polar surface area (TPSA) is 232 Å². The van der Waals surface area contributed by atoms with Gasteiger partial charge in [0.05, 0.1) is 44.9 Å². The van der Waals surface area contributed by atoms with Gasteiger partial charge in [0.1, 0.15) is 11.6 Å². The number of nitrogens with two attached hydrogens (primary N) is 1. The monoisotopic (exact) mass is 1310 g/mol. The molecule has 18 nitrogen and oxygen atoms in total. The minimum Gasteiger partial charge on any atom is -0.396 e. The number of benzene rings is 2. The first-order valence-corrected chi connectivity index (χ1v) is 38.0. The molecule has 1 unspecified atom stereocenters. The number of esters is 2. The number of imide groups is 2. The van der Waals surface area contributed by atoms with E-state index in [0.29, 0.717) is 84.8 Å². The van der Waals surface area contributed by atoms with Crippen LogP contribution >= 0.6 is 23.1 Å². The number of likely N-dealkylation sites (tertiary alicyclic amines) is 2. The summed E-state index contributed by atoms with van der Waals surface area (Å²) in [7, 11) is 0. The molecule has 14 fully saturated rings. The number of aliphatic hydroxyl groups excluding tert-OH is 2. The Morgan fingerprint density at radius 2 is 0.796 bits per heavy atom. The van der Waals surface area contributed by atoms with Gasteiger partial charge in [0.25, 0.3) is 0 Å². The normalized spacial score (nSPS) is 36.5. The first kappa shape index (κ1) is 65.3. The number of piperazine rings is 2.